The lowest BCUT2D eigenvalue weighted by molar-refractivity contribution is 0.162. The van der Waals surface area contributed by atoms with E-state index in [0.717, 1.165) is 37.0 Å². The number of aryl methyl sites for hydroxylation is 1. The standard InChI is InChI=1S/C17H18N4O2/c1-12-2-3-15-14(10-12)20-17(23-15)21-8-4-13(5-9-21)22-16-11-18-6-7-19-16/h2-3,6-7,10-11,13H,4-5,8-9H2,1H3. The van der Waals surface area contributed by atoms with Crippen LogP contribution in [-0.2, 0) is 0 Å². The summed E-state index contributed by atoms with van der Waals surface area (Å²) < 4.78 is 11.7. The average molecular weight is 310 g/mol. The largest absolute Gasteiger partial charge is 0.473 e. The van der Waals surface area contributed by atoms with Gasteiger partial charge < -0.3 is 14.1 Å². The van der Waals surface area contributed by atoms with Crippen molar-refractivity contribution in [2.75, 3.05) is 18.0 Å². The molecular weight excluding hydrogens is 292 g/mol. The monoisotopic (exact) mass is 310 g/mol. The van der Waals surface area contributed by atoms with Gasteiger partial charge in [0.1, 0.15) is 11.6 Å². The zero-order valence-corrected chi connectivity index (χ0v) is 13.0. The topological polar surface area (TPSA) is 64.3 Å². The van der Waals surface area contributed by atoms with Crippen molar-refractivity contribution in [3.05, 3.63) is 42.4 Å². The number of nitrogens with zero attached hydrogens (tertiary/aromatic N) is 4. The lowest BCUT2D eigenvalue weighted by Crippen LogP contribution is -2.38. The maximum Gasteiger partial charge on any atom is 0.298 e. The molecule has 0 N–H and O–H groups in total. The van der Waals surface area contributed by atoms with Gasteiger partial charge in [0, 0.05) is 38.3 Å². The normalized spacial score (nSPS) is 16.0. The fourth-order valence-electron chi connectivity index (χ4n) is 2.84. The highest BCUT2D eigenvalue weighted by Gasteiger charge is 2.24. The van der Waals surface area contributed by atoms with E-state index >= 15 is 0 Å². The number of benzene rings is 1. The van der Waals surface area contributed by atoms with Crippen LogP contribution in [0, 0.1) is 6.92 Å². The Hall–Kier alpha value is -2.63. The summed E-state index contributed by atoms with van der Waals surface area (Å²) in [6.45, 7) is 3.77. The van der Waals surface area contributed by atoms with E-state index in [1.54, 1.807) is 18.6 Å². The van der Waals surface area contributed by atoms with Gasteiger partial charge >= 0.3 is 0 Å². The van der Waals surface area contributed by atoms with Crippen LogP contribution in [0.25, 0.3) is 11.1 Å². The molecule has 118 valence electrons. The molecule has 0 aliphatic carbocycles. The summed E-state index contributed by atoms with van der Waals surface area (Å²) in [7, 11) is 0. The Morgan fingerprint density at radius 2 is 2.09 bits per heavy atom. The lowest BCUT2D eigenvalue weighted by Gasteiger charge is -2.30. The Bertz CT molecular complexity index is 795. The highest BCUT2D eigenvalue weighted by atomic mass is 16.5. The fourth-order valence-corrected chi connectivity index (χ4v) is 2.84. The highest BCUT2D eigenvalue weighted by Crippen LogP contribution is 2.26. The Morgan fingerprint density at radius 1 is 1.22 bits per heavy atom. The predicted molar refractivity (Wildman–Crippen MR) is 86.6 cm³/mol. The van der Waals surface area contributed by atoms with Crippen LogP contribution in [0.4, 0.5) is 6.01 Å². The van der Waals surface area contributed by atoms with Gasteiger partial charge in [0.2, 0.25) is 5.88 Å². The minimum Gasteiger partial charge on any atom is -0.473 e. The number of aromatic nitrogens is 3. The van der Waals surface area contributed by atoms with Gasteiger partial charge in [-0.05, 0) is 24.6 Å². The molecular formula is C17H18N4O2. The summed E-state index contributed by atoms with van der Waals surface area (Å²) in [6.07, 6.45) is 6.92. The summed E-state index contributed by atoms with van der Waals surface area (Å²) in [4.78, 5) is 15.0. The molecule has 6 heteroatoms. The van der Waals surface area contributed by atoms with Crippen LogP contribution in [0.5, 0.6) is 5.88 Å². The third-order valence-corrected chi connectivity index (χ3v) is 4.07. The average Bonchev–Trinajstić information content (AvgIpc) is 2.99. The number of ether oxygens (including phenoxy) is 1. The van der Waals surface area contributed by atoms with Crippen LogP contribution in [0.3, 0.4) is 0 Å². The first-order valence-electron chi connectivity index (χ1n) is 7.83. The van der Waals surface area contributed by atoms with Crippen LogP contribution in [0.1, 0.15) is 18.4 Å². The quantitative estimate of drug-likeness (QED) is 0.741. The molecule has 0 atom stereocenters. The van der Waals surface area contributed by atoms with Gasteiger partial charge in [0.05, 0.1) is 6.20 Å². The molecule has 1 aliphatic heterocycles. The van der Waals surface area contributed by atoms with Gasteiger partial charge in [-0.1, -0.05) is 6.07 Å². The summed E-state index contributed by atoms with van der Waals surface area (Å²) >= 11 is 0. The lowest BCUT2D eigenvalue weighted by atomic mass is 10.1. The van der Waals surface area contributed by atoms with Gasteiger partial charge in [-0.3, -0.25) is 4.98 Å². The first-order valence-corrected chi connectivity index (χ1v) is 7.83. The smallest absolute Gasteiger partial charge is 0.298 e. The third-order valence-electron chi connectivity index (χ3n) is 4.07. The van der Waals surface area contributed by atoms with Crippen LogP contribution >= 0.6 is 0 Å². The Labute approximate surface area is 134 Å². The van der Waals surface area contributed by atoms with Gasteiger partial charge in [-0.25, -0.2) is 4.98 Å². The van der Waals surface area contributed by atoms with E-state index in [0.29, 0.717) is 11.9 Å². The Morgan fingerprint density at radius 3 is 2.87 bits per heavy atom. The molecule has 0 unspecified atom stereocenters. The number of fused-ring (bicyclic) bond motifs is 1. The molecule has 2 aromatic heterocycles. The second-order valence-corrected chi connectivity index (χ2v) is 5.82. The number of oxazole rings is 1. The van der Waals surface area contributed by atoms with E-state index in [4.69, 9.17) is 9.15 Å². The number of anilines is 1. The van der Waals surface area contributed by atoms with E-state index in [1.807, 2.05) is 18.2 Å². The van der Waals surface area contributed by atoms with E-state index in [-0.39, 0.29) is 6.10 Å². The molecule has 0 radical (unpaired) electrons. The van der Waals surface area contributed by atoms with Gasteiger partial charge in [0.25, 0.3) is 6.01 Å². The number of hydrogen-bond donors (Lipinski definition) is 0. The van der Waals surface area contributed by atoms with Gasteiger partial charge in [-0.15, -0.1) is 0 Å². The summed E-state index contributed by atoms with van der Waals surface area (Å²) in [5.41, 5.74) is 2.94. The molecule has 0 amide bonds. The second kappa shape index (κ2) is 5.87. The van der Waals surface area contributed by atoms with Crippen molar-refractivity contribution < 1.29 is 9.15 Å². The maximum absolute atomic E-state index is 5.87. The van der Waals surface area contributed by atoms with E-state index in [2.05, 4.69) is 26.8 Å². The van der Waals surface area contributed by atoms with Crippen LogP contribution in [-0.4, -0.2) is 34.1 Å². The molecule has 1 saturated heterocycles. The van der Waals surface area contributed by atoms with Gasteiger partial charge in [0.15, 0.2) is 5.58 Å². The zero-order valence-electron chi connectivity index (χ0n) is 13.0. The summed E-state index contributed by atoms with van der Waals surface area (Å²) in [5.74, 6) is 0.586. The maximum atomic E-state index is 5.87. The highest BCUT2D eigenvalue weighted by molar-refractivity contribution is 5.75. The van der Waals surface area contributed by atoms with Crippen molar-refractivity contribution in [1.29, 1.82) is 0 Å². The first kappa shape index (κ1) is 14.0. The van der Waals surface area contributed by atoms with Gasteiger partial charge in [-0.2, -0.15) is 4.98 Å². The Kier molecular flexibility index (Phi) is 3.57. The number of rotatable bonds is 3. The third kappa shape index (κ3) is 2.97. The number of piperidine rings is 1. The minimum absolute atomic E-state index is 0.162. The van der Waals surface area contributed by atoms with Crippen LogP contribution in [0.15, 0.2) is 41.2 Å². The van der Waals surface area contributed by atoms with E-state index < -0.39 is 0 Å². The molecule has 1 aliphatic rings. The van der Waals surface area contributed by atoms with Crippen LogP contribution in [0.2, 0.25) is 0 Å². The zero-order chi connectivity index (χ0) is 15.6. The molecule has 0 saturated carbocycles. The molecule has 3 aromatic rings. The van der Waals surface area contributed by atoms with Crippen LogP contribution < -0.4 is 9.64 Å². The van der Waals surface area contributed by atoms with E-state index in [1.165, 1.54) is 5.56 Å². The molecule has 4 rings (SSSR count). The number of hydrogen-bond acceptors (Lipinski definition) is 6. The van der Waals surface area contributed by atoms with Crippen molar-refractivity contribution >= 4 is 17.1 Å². The molecule has 23 heavy (non-hydrogen) atoms. The van der Waals surface area contributed by atoms with Crippen molar-refractivity contribution in [3.8, 4) is 5.88 Å². The second-order valence-electron chi connectivity index (χ2n) is 5.82. The first-order chi connectivity index (χ1) is 11.3. The van der Waals surface area contributed by atoms with Crippen molar-refractivity contribution in [2.45, 2.75) is 25.9 Å². The minimum atomic E-state index is 0.162. The molecule has 0 bridgehead atoms. The molecule has 3 heterocycles. The molecule has 0 spiro atoms. The molecule has 1 aromatic carbocycles. The van der Waals surface area contributed by atoms with E-state index in [9.17, 15) is 0 Å². The fraction of sp³-hybridized carbons (Fsp3) is 0.353. The summed E-state index contributed by atoms with van der Waals surface area (Å²) in [5, 5.41) is 0. The summed E-state index contributed by atoms with van der Waals surface area (Å²) in [6, 6.07) is 6.76. The predicted octanol–water partition coefficient (Wildman–Crippen LogP) is 2.97. The Balaban J connectivity index is 1.42. The molecule has 1 fully saturated rings. The molecule has 6 nitrogen and oxygen atoms in total. The van der Waals surface area contributed by atoms with Crippen molar-refractivity contribution in [1.82, 2.24) is 15.0 Å². The SMILES string of the molecule is Cc1ccc2oc(N3CCC(Oc4cnccn4)CC3)nc2c1. The van der Waals surface area contributed by atoms with Crippen molar-refractivity contribution in [3.63, 3.8) is 0 Å². The van der Waals surface area contributed by atoms with Crippen molar-refractivity contribution in [2.24, 2.45) is 0 Å².